The molecule has 106 valence electrons. The molecule has 0 aromatic heterocycles. The topological polar surface area (TPSA) is 55.6 Å². The van der Waals surface area contributed by atoms with E-state index in [1.807, 2.05) is 37.4 Å². The van der Waals surface area contributed by atoms with Gasteiger partial charge in [-0.05, 0) is 44.4 Å². The zero-order valence-electron chi connectivity index (χ0n) is 11.9. The summed E-state index contributed by atoms with van der Waals surface area (Å²) >= 11 is 1.67. The van der Waals surface area contributed by atoms with Crippen molar-refractivity contribution in [1.82, 2.24) is 4.90 Å². The van der Waals surface area contributed by atoms with E-state index in [-0.39, 0.29) is 11.9 Å². The Morgan fingerprint density at radius 3 is 2.42 bits per heavy atom. The van der Waals surface area contributed by atoms with Crippen LogP contribution in [0.1, 0.15) is 13.8 Å². The van der Waals surface area contributed by atoms with Crippen LogP contribution in [0, 0.1) is 0 Å². The second-order valence-corrected chi connectivity index (χ2v) is 5.35. The third-order valence-electron chi connectivity index (χ3n) is 3.07. The Balaban J connectivity index is 2.62. The van der Waals surface area contributed by atoms with E-state index in [1.165, 1.54) is 4.90 Å². The molecule has 0 aliphatic carbocycles. The summed E-state index contributed by atoms with van der Waals surface area (Å²) in [6.07, 6.45) is 1.50. The summed E-state index contributed by atoms with van der Waals surface area (Å²) in [5.41, 5.74) is 5.56. The first-order chi connectivity index (χ1) is 8.99. The average molecular weight is 282 g/mol. The molecule has 4 nitrogen and oxygen atoms in total. The minimum Gasteiger partial charge on any atom is -0.481 e. The molecule has 19 heavy (non-hydrogen) atoms. The van der Waals surface area contributed by atoms with Crippen LogP contribution in [0.25, 0.3) is 0 Å². The van der Waals surface area contributed by atoms with Gasteiger partial charge in [0.25, 0.3) is 5.91 Å². The first kappa shape index (κ1) is 15.9. The van der Waals surface area contributed by atoms with Crippen LogP contribution in [-0.4, -0.2) is 42.8 Å². The van der Waals surface area contributed by atoms with Crippen molar-refractivity contribution >= 4 is 17.7 Å². The minimum absolute atomic E-state index is 0.0115. The second-order valence-electron chi connectivity index (χ2n) is 4.47. The summed E-state index contributed by atoms with van der Waals surface area (Å²) < 4.78 is 5.65. The SMILES string of the molecule is CSc1ccc(OC(C)C(=O)N(C)C(C)CN)cc1. The molecular weight excluding hydrogens is 260 g/mol. The van der Waals surface area contributed by atoms with Crippen molar-refractivity contribution in [3.63, 3.8) is 0 Å². The Hall–Kier alpha value is -1.20. The molecule has 5 heteroatoms. The molecule has 0 radical (unpaired) electrons. The molecule has 0 heterocycles. The van der Waals surface area contributed by atoms with Gasteiger partial charge in [-0.2, -0.15) is 0 Å². The predicted octanol–water partition coefficient (Wildman–Crippen LogP) is 1.98. The van der Waals surface area contributed by atoms with Gasteiger partial charge >= 0.3 is 0 Å². The van der Waals surface area contributed by atoms with Crippen molar-refractivity contribution in [3.05, 3.63) is 24.3 Å². The molecule has 0 spiro atoms. The predicted molar refractivity (Wildman–Crippen MR) is 79.6 cm³/mol. The van der Waals surface area contributed by atoms with E-state index in [0.29, 0.717) is 12.3 Å². The van der Waals surface area contributed by atoms with Gasteiger partial charge in [-0.15, -0.1) is 11.8 Å². The molecule has 0 aliphatic rings. The Labute approximate surface area is 119 Å². The maximum absolute atomic E-state index is 12.1. The molecule has 1 rings (SSSR count). The fraction of sp³-hybridized carbons (Fsp3) is 0.500. The molecule has 2 atom stereocenters. The summed E-state index contributed by atoms with van der Waals surface area (Å²) in [7, 11) is 1.75. The van der Waals surface area contributed by atoms with Crippen LogP contribution in [0.15, 0.2) is 29.2 Å². The number of nitrogens with two attached hydrogens (primary N) is 1. The summed E-state index contributed by atoms with van der Waals surface area (Å²) in [6, 6.07) is 7.72. The smallest absolute Gasteiger partial charge is 0.263 e. The van der Waals surface area contributed by atoms with Gasteiger partial charge in [0.2, 0.25) is 0 Å². The highest BCUT2D eigenvalue weighted by Crippen LogP contribution is 2.20. The van der Waals surface area contributed by atoms with E-state index < -0.39 is 6.10 Å². The van der Waals surface area contributed by atoms with E-state index >= 15 is 0 Å². The van der Waals surface area contributed by atoms with Gasteiger partial charge in [0.05, 0.1) is 0 Å². The van der Waals surface area contributed by atoms with Crippen molar-refractivity contribution < 1.29 is 9.53 Å². The third-order valence-corrected chi connectivity index (χ3v) is 3.81. The van der Waals surface area contributed by atoms with E-state index in [9.17, 15) is 4.79 Å². The van der Waals surface area contributed by atoms with Gasteiger partial charge < -0.3 is 15.4 Å². The largest absolute Gasteiger partial charge is 0.481 e. The van der Waals surface area contributed by atoms with Gasteiger partial charge in [0, 0.05) is 24.5 Å². The molecular formula is C14H22N2O2S. The lowest BCUT2D eigenvalue weighted by Gasteiger charge is -2.26. The van der Waals surface area contributed by atoms with Crippen molar-refractivity contribution in [2.75, 3.05) is 19.8 Å². The molecule has 1 aromatic rings. The average Bonchev–Trinajstić information content (AvgIpc) is 2.45. The lowest BCUT2D eigenvalue weighted by atomic mass is 10.2. The summed E-state index contributed by atoms with van der Waals surface area (Å²) in [5.74, 6) is 0.638. The van der Waals surface area contributed by atoms with E-state index in [1.54, 1.807) is 30.6 Å². The van der Waals surface area contributed by atoms with Crippen LogP contribution in [0.2, 0.25) is 0 Å². The highest BCUT2D eigenvalue weighted by Gasteiger charge is 2.22. The van der Waals surface area contributed by atoms with E-state index in [4.69, 9.17) is 10.5 Å². The highest BCUT2D eigenvalue weighted by molar-refractivity contribution is 7.98. The lowest BCUT2D eigenvalue weighted by Crippen LogP contribution is -2.45. The van der Waals surface area contributed by atoms with Crippen molar-refractivity contribution in [1.29, 1.82) is 0 Å². The van der Waals surface area contributed by atoms with Crippen LogP contribution in [0.4, 0.5) is 0 Å². The van der Waals surface area contributed by atoms with Crippen molar-refractivity contribution in [2.45, 2.75) is 30.9 Å². The van der Waals surface area contributed by atoms with Gasteiger partial charge in [-0.25, -0.2) is 0 Å². The fourth-order valence-corrected chi connectivity index (χ4v) is 1.98. The molecule has 0 fully saturated rings. The number of carbonyl (C=O) groups is 1. The second kappa shape index (κ2) is 7.40. The molecule has 1 amide bonds. The quantitative estimate of drug-likeness (QED) is 0.811. The van der Waals surface area contributed by atoms with Crippen LogP contribution >= 0.6 is 11.8 Å². The number of benzene rings is 1. The monoisotopic (exact) mass is 282 g/mol. The number of hydrogen-bond donors (Lipinski definition) is 1. The number of carbonyl (C=O) groups excluding carboxylic acids is 1. The zero-order chi connectivity index (χ0) is 14.4. The Kier molecular flexibility index (Phi) is 6.18. The standard InChI is InChI=1S/C14H22N2O2S/c1-10(9-15)16(3)14(17)11(2)18-12-5-7-13(19-4)8-6-12/h5-8,10-11H,9,15H2,1-4H3. The summed E-state index contributed by atoms with van der Waals surface area (Å²) in [6.45, 7) is 4.11. The van der Waals surface area contributed by atoms with Crippen LogP contribution < -0.4 is 10.5 Å². The van der Waals surface area contributed by atoms with Crippen LogP contribution in [0.5, 0.6) is 5.75 Å². The van der Waals surface area contributed by atoms with E-state index in [0.717, 1.165) is 0 Å². The maximum atomic E-state index is 12.1. The van der Waals surface area contributed by atoms with Gasteiger partial charge in [0.1, 0.15) is 5.75 Å². The molecule has 0 aliphatic heterocycles. The van der Waals surface area contributed by atoms with Crippen molar-refractivity contribution in [2.24, 2.45) is 5.73 Å². The normalized spacial score (nSPS) is 13.7. The van der Waals surface area contributed by atoms with Crippen molar-refractivity contribution in [3.8, 4) is 5.75 Å². The lowest BCUT2D eigenvalue weighted by molar-refractivity contribution is -0.138. The number of hydrogen-bond acceptors (Lipinski definition) is 4. The molecule has 0 saturated heterocycles. The van der Waals surface area contributed by atoms with Gasteiger partial charge in [-0.3, -0.25) is 4.79 Å². The third kappa shape index (κ3) is 4.44. The van der Waals surface area contributed by atoms with E-state index in [2.05, 4.69) is 0 Å². The first-order valence-electron chi connectivity index (χ1n) is 6.27. The van der Waals surface area contributed by atoms with Crippen LogP contribution in [-0.2, 0) is 4.79 Å². The van der Waals surface area contributed by atoms with Gasteiger partial charge in [0.15, 0.2) is 6.10 Å². The highest BCUT2D eigenvalue weighted by atomic mass is 32.2. The number of amides is 1. The number of nitrogens with zero attached hydrogens (tertiary/aromatic N) is 1. The zero-order valence-corrected chi connectivity index (χ0v) is 12.7. The summed E-state index contributed by atoms with van der Waals surface area (Å²) in [4.78, 5) is 14.9. The molecule has 0 bridgehead atoms. The number of likely N-dealkylation sites (N-methyl/N-ethyl adjacent to an activating group) is 1. The maximum Gasteiger partial charge on any atom is 0.263 e. The molecule has 0 saturated carbocycles. The molecule has 2 unspecified atom stereocenters. The number of thioether (sulfide) groups is 1. The number of ether oxygens (including phenoxy) is 1. The molecule has 1 aromatic carbocycles. The minimum atomic E-state index is -0.515. The van der Waals surface area contributed by atoms with Crippen LogP contribution in [0.3, 0.4) is 0 Å². The Bertz CT molecular complexity index is 408. The Morgan fingerprint density at radius 2 is 1.95 bits per heavy atom. The molecule has 2 N–H and O–H groups in total. The Morgan fingerprint density at radius 1 is 1.37 bits per heavy atom. The number of rotatable bonds is 6. The summed E-state index contributed by atoms with van der Waals surface area (Å²) in [5, 5.41) is 0. The van der Waals surface area contributed by atoms with Gasteiger partial charge in [-0.1, -0.05) is 0 Å². The fourth-order valence-electron chi connectivity index (χ4n) is 1.57. The first-order valence-corrected chi connectivity index (χ1v) is 7.49.